The number of aryl methyl sites for hydroxylation is 1. The summed E-state index contributed by atoms with van der Waals surface area (Å²) in [5, 5.41) is 2.88. The molecule has 1 N–H and O–H groups in total. The van der Waals surface area contributed by atoms with Crippen molar-refractivity contribution in [3.05, 3.63) is 88.0 Å². The van der Waals surface area contributed by atoms with Crippen molar-refractivity contribution < 1.29 is 9.18 Å². The van der Waals surface area contributed by atoms with Crippen molar-refractivity contribution in [1.29, 1.82) is 0 Å². The maximum atomic E-state index is 13.1. The van der Waals surface area contributed by atoms with Gasteiger partial charge in [-0.2, -0.15) is 0 Å². The van der Waals surface area contributed by atoms with Crippen LogP contribution in [0.2, 0.25) is 0 Å². The first-order chi connectivity index (χ1) is 12.4. The molecule has 0 spiro atoms. The van der Waals surface area contributed by atoms with E-state index >= 15 is 0 Å². The fourth-order valence-corrected chi connectivity index (χ4v) is 3.23. The highest BCUT2D eigenvalue weighted by Crippen LogP contribution is 2.24. The summed E-state index contributed by atoms with van der Waals surface area (Å²) in [5.74, 6) is -0.508. The lowest BCUT2D eigenvalue weighted by atomic mass is 10.1. The molecule has 1 aromatic heterocycles. The van der Waals surface area contributed by atoms with Gasteiger partial charge in [0.1, 0.15) is 11.5 Å². The Morgan fingerprint density at radius 1 is 1.00 bits per heavy atom. The highest BCUT2D eigenvalue weighted by Gasteiger charge is 2.21. The van der Waals surface area contributed by atoms with E-state index in [0.29, 0.717) is 17.9 Å². The van der Waals surface area contributed by atoms with Crippen LogP contribution >= 0.6 is 0 Å². The number of nitrogens with zero attached hydrogens (tertiary/aromatic N) is 1. The summed E-state index contributed by atoms with van der Waals surface area (Å²) in [4.78, 5) is 12.9. The van der Waals surface area contributed by atoms with Crippen molar-refractivity contribution in [2.24, 2.45) is 0 Å². The molecule has 0 aliphatic rings. The molecule has 134 valence electrons. The van der Waals surface area contributed by atoms with Crippen molar-refractivity contribution in [3.63, 3.8) is 0 Å². The summed E-state index contributed by atoms with van der Waals surface area (Å²) in [6.45, 7) is 8.73. The predicted octanol–water partition coefficient (Wildman–Crippen LogP) is 5.16. The third-order valence-corrected chi connectivity index (χ3v) is 4.88. The number of anilines is 1. The van der Waals surface area contributed by atoms with Crippen LogP contribution < -0.4 is 5.32 Å². The van der Waals surface area contributed by atoms with Gasteiger partial charge in [-0.3, -0.25) is 4.79 Å². The van der Waals surface area contributed by atoms with Gasteiger partial charge in [0, 0.05) is 17.9 Å². The lowest BCUT2D eigenvalue weighted by molar-refractivity contribution is 0.101. The Morgan fingerprint density at radius 3 is 2.35 bits per heavy atom. The van der Waals surface area contributed by atoms with E-state index in [4.69, 9.17) is 0 Å². The van der Waals surface area contributed by atoms with E-state index in [2.05, 4.69) is 35.0 Å². The summed E-state index contributed by atoms with van der Waals surface area (Å²) in [5.41, 5.74) is 6.72. The van der Waals surface area contributed by atoms with E-state index in [-0.39, 0.29) is 11.7 Å². The van der Waals surface area contributed by atoms with E-state index in [0.717, 1.165) is 22.4 Å². The van der Waals surface area contributed by atoms with Crippen LogP contribution in [0.1, 0.15) is 38.4 Å². The molecule has 0 aliphatic carbocycles. The van der Waals surface area contributed by atoms with Gasteiger partial charge in [0.15, 0.2) is 0 Å². The molecule has 4 heteroatoms. The van der Waals surface area contributed by atoms with Crippen LogP contribution in [0.25, 0.3) is 0 Å². The van der Waals surface area contributed by atoms with E-state index in [1.54, 1.807) is 12.1 Å². The third kappa shape index (κ3) is 3.54. The second kappa shape index (κ2) is 7.16. The first-order valence-corrected chi connectivity index (χ1v) is 8.65. The van der Waals surface area contributed by atoms with Gasteiger partial charge in [0.25, 0.3) is 5.91 Å². The highest BCUT2D eigenvalue weighted by molar-refractivity contribution is 6.04. The third-order valence-electron chi connectivity index (χ3n) is 4.88. The number of hydrogen-bond acceptors (Lipinski definition) is 1. The zero-order chi connectivity index (χ0) is 18.8. The molecule has 0 radical (unpaired) electrons. The van der Waals surface area contributed by atoms with Crippen LogP contribution in [0.4, 0.5) is 10.1 Å². The van der Waals surface area contributed by atoms with Gasteiger partial charge in [0.2, 0.25) is 0 Å². The Balaban J connectivity index is 1.96. The average Bonchev–Trinajstić information content (AvgIpc) is 2.81. The van der Waals surface area contributed by atoms with Crippen LogP contribution in [0, 0.1) is 33.5 Å². The summed E-state index contributed by atoms with van der Waals surface area (Å²) in [6.07, 6.45) is 0. The van der Waals surface area contributed by atoms with Crippen LogP contribution in [0.3, 0.4) is 0 Å². The number of carbonyl (C=O) groups is 1. The average molecular weight is 350 g/mol. The second-order valence-corrected chi connectivity index (χ2v) is 6.72. The highest BCUT2D eigenvalue weighted by atomic mass is 19.1. The number of halogens is 1. The molecule has 0 atom stereocenters. The van der Waals surface area contributed by atoms with Gasteiger partial charge in [-0.1, -0.05) is 29.8 Å². The normalized spacial score (nSPS) is 10.8. The largest absolute Gasteiger partial charge is 0.336 e. The number of benzene rings is 2. The van der Waals surface area contributed by atoms with Crippen molar-refractivity contribution in [3.8, 4) is 0 Å². The minimum atomic E-state index is -0.325. The molecular formula is C22H23FN2O. The summed E-state index contributed by atoms with van der Waals surface area (Å²) in [6, 6.07) is 14.1. The molecule has 3 nitrogen and oxygen atoms in total. The lowest BCUT2D eigenvalue weighted by Gasteiger charge is -2.13. The number of amides is 1. The Bertz CT molecular complexity index is 955. The minimum Gasteiger partial charge on any atom is -0.336 e. The van der Waals surface area contributed by atoms with Gasteiger partial charge in [-0.25, -0.2) is 4.39 Å². The number of hydrogen-bond donors (Lipinski definition) is 1. The standard InChI is InChI=1S/C22H23FN2O/c1-14-6-5-7-18(12-14)13-25-17(4)15(2)16(3)21(25)22(26)24-20-10-8-19(23)9-11-20/h5-12H,13H2,1-4H3,(H,24,26). The maximum Gasteiger partial charge on any atom is 0.272 e. The zero-order valence-electron chi connectivity index (χ0n) is 15.6. The molecule has 0 saturated carbocycles. The molecule has 26 heavy (non-hydrogen) atoms. The van der Waals surface area contributed by atoms with Crippen molar-refractivity contribution in [1.82, 2.24) is 4.57 Å². The summed E-state index contributed by atoms with van der Waals surface area (Å²) in [7, 11) is 0. The van der Waals surface area contributed by atoms with Crippen LogP contribution in [0.5, 0.6) is 0 Å². The Morgan fingerprint density at radius 2 is 1.69 bits per heavy atom. The van der Waals surface area contributed by atoms with Crippen molar-refractivity contribution >= 4 is 11.6 Å². The second-order valence-electron chi connectivity index (χ2n) is 6.72. The molecule has 2 aromatic carbocycles. The molecule has 0 fully saturated rings. The van der Waals surface area contributed by atoms with E-state index in [9.17, 15) is 9.18 Å². The Kier molecular flexibility index (Phi) is 4.94. The summed E-state index contributed by atoms with van der Waals surface area (Å²) < 4.78 is 15.1. The van der Waals surface area contributed by atoms with Crippen LogP contribution in [0.15, 0.2) is 48.5 Å². The van der Waals surface area contributed by atoms with Gasteiger partial charge < -0.3 is 9.88 Å². The molecule has 3 aromatic rings. The smallest absolute Gasteiger partial charge is 0.272 e. The predicted molar refractivity (Wildman–Crippen MR) is 103 cm³/mol. The Labute approximate surface area is 153 Å². The first kappa shape index (κ1) is 17.9. The number of rotatable bonds is 4. The topological polar surface area (TPSA) is 34.0 Å². The van der Waals surface area contributed by atoms with Gasteiger partial charge in [0.05, 0.1) is 0 Å². The maximum absolute atomic E-state index is 13.1. The molecule has 1 amide bonds. The fourth-order valence-electron chi connectivity index (χ4n) is 3.23. The molecule has 0 bridgehead atoms. The molecule has 0 saturated heterocycles. The molecule has 0 unspecified atom stereocenters. The van der Waals surface area contributed by atoms with Crippen molar-refractivity contribution in [2.45, 2.75) is 34.2 Å². The zero-order valence-corrected chi connectivity index (χ0v) is 15.6. The minimum absolute atomic E-state index is 0.182. The summed E-state index contributed by atoms with van der Waals surface area (Å²) >= 11 is 0. The first-order valence-electron chi connectivity index (χ1n) is 8.65. The van der Waals surface area contributed by atoms with Gasteiger partial charge in [-0.15, -0.1) is 0 Å². The van der Waals surface area contributed by atoms with E-state index < -0.39 is 0 Å². The number of carbonyl (C=O) groups excluding carboxylic acids is 1. The SMILES string of the molecule is Cc1cccc(Cn2c(C)c(C)c(C)c2C(=O)Nc2ccc(F)cc2)c1. The van der Waals surface area contributed by atoms with Gasteiger partial charge >= 0.3 is 0 Å². The van der Waals surface area contributed by atoms with E-state index in [1.165, 1.54) is 17.7 Å². The fraction of sp³-hybridized carbons (Fsp3) is 0.227. The van der Waals surface area contributed by atoms with Gasteiger partial charge in [-0.05, 0) is 68.7 Å². The lowest BCUT2D eigenvalue weighted by Crippen LogP contribution is -2.19. The van der Waals surface area contributed by atoms with E-state index in [1.807, 2.05) is 26.8 Å². The molecule has 1 heterocycles. The molecular weight excluding hydrogens is 327 g/mol. The van der Waals surface area contributed by atoms with Crippen LogP contribution in [-0.4, -0.2) is 10.5 Å². The van der Waals surface area contributed by atoms with Crippen molar-refractivity contribution in [2.75, 3.05) is 5.32 Å². The van der Waals surface area contributed by atoms with Crippen LogP contribution in [-0.2, 0) is 6.54 Å². The molecule has 0 aliphatic heterocycles. The molecule has 3 rings (SSSR count). The number of nitrogens with one attached hydrogen (secondary N) is 1. The monoisotopic (exact) mass is 350 g/mol. The quantitative estimate of drug-likeness (QED) is 0.693. The Hall–Kier alpha value is -2.88. The number of aromatic nitrogens is 1.